The lowest BCUT2D eigenvalue weighted by Crippen LogP contribution is -2.29. The third-order valence-electron chi connectivity index (χ3n) is 3.45. The first-order valence-electron chi connectivity index (χ1n) is 6.62. The van der Waals surface area contributed by atoms with Crippen LogP contribution in [-0.2, 0) is 17.9 Å². The molecule has 2 heterocycles. The number of aliphatic hydroxyl groups is 1. The summed E-state index contributed by atoms with van der Waals surface area (Å²) < 4.78 is 10.2. The van der Waals surface area contributed by atoms with Crippen LogP contribution in [0.25, 0.3) is 0 Å². The number of ether oxygens (including phenoxy) is 1. The van der Waals surface area contributed by atoms with E-state index >= 15 is 0 Å². The quantitative estimate of drug-likeness (QED) is 0.800. The van der Waals surface area contributed by atoms with Gasteiger partial charge in [-0.3, -0.25) is 4.90 Å². The minimum absolute atomic E-state index is 0.284. The third-order valence-corrected chi connectivity index (χ3v) is 3.45. The zero-order chi connectivity index (χ0) is 12.8. The van der Waals surface area contributed by atoms with Crippen molar-refractivity contribution in [2.75, 3.05) is 20.3 Å². The summed E-state index contributed by atoms with van der Waals surface area (Å²) in [5.41, 5.74) is 0.970. The fraction of sp³-hybridized carbons (Fsp3) is 0.769. The smallest absolute Gasteiger partial charge is 0.162 e. The Labute approximate surface area is 108 Å². The highest BCUT2D eigenvalue weighted by molar-refractivity contribution is 5.05. The van der Waals surface area contributed by atoms with Crippen LogP contribution in [0.1, 0.15) is 37.1 Å². The van der Waals surface area contributed by atoms with E-state index in [0.29, 0.717) is 12.6 Å². The van der Waals surface area contributed by atoms with E-state index in [1.54, 1.807) is 7.11 Å². The molecule has 1 fully saturated rings. The molecule has 0 spiro atoms. The predicted octanol–water partition coefficient (Wildman–Crippen LogP) is 1.56. The van der Waals surface area contributed by atoms with Crippen molar-refractivity contribution >= 4 is 0 Å². The number of hydrogen-bond acceptors (Lipinski definition) is 5. The molecule has 1 N–H and O–H groups in total. The second-order valence-electron chi connectivity index (χ2n) is 4.85. The van der Waals surface area contributed by atoms with E-state index in [9.17, 15) is 0 Å². The Morgan fingerprint density at radius 1 is 1.61 bits per heavy atom. The SMILES string of the molecule is COCc1cc(CN2CCCC2CCCO)no1. The molecule has 2 rings (SSSR count). The number of likely N-dealkylation sites (tertiary alicyclic amines) is 1. The van der Waals surface area contributed by atoms with Crippen molar-refractivity contribution in [2.24, 2.45) is 0 Å². The second kappa shape index (κ2) is 6.87. The lowest BCUT2D eigenvalue weighted by atomic mass is 10.1. The van der Waals surface area contributed by atoms with Crippen molar-refractivity contribution in [1.29, 1.82) is 0 Å². The molecule has 1 unspecified atom stereocenters. The van der Waals surface area contributed by atoms with Crippen LogP contribution in [0.15, 0.2) is 10.6 Å². The number of rotatable bonds is 7. The minimum atomic E-state index is 0.284. The standard InChI is InChI=1S/C13H22N2O3/c1-17-10-13-8-11(14-18-13)9-15-6-2-4-12(15)5-3-7-16/h8,12,16H,2-7,9-10H2,1H3. The van der Waals surface area contributed by atoms with Crippen LogP contribution < -0.4 is 0 Å². The van der Waals surface area contributed by atoms with Gasteiger partial charge in [-0.25, -0.2) is 0 Å². The lowest BCUT2D eigenvalue weighted by molar-refractivity contribution is 0.155. The van der Waals surface area contributed by atoms with Crippen LogP contribution in [0.2, 0.25) is 0 Å². The Balaban J connectivity index is 1.86. The molecule has 5 nitrogen and oxygen atoms in total. The Morgan fingerprint density at radius 2 is 2.50 bits per heavy atom. The molecule has 1 atom stereocenters. The molecule has 0 saturated carbocycles. The van der Waals surface area contributed by atoms with Crippen LogP contribution in [-0.4, -0.2) is 41.5 Å². The van der Waals surface area contributed by atoms with Crippen molar-refractivity contribution in [2.45, 2.75) is 44.9 Å². The molecule has 1 aliphatic heterocycles. The molecule has 0 aromatic carbocycles. The van der Waals surface area contributed by atoms with Gasteiger partial charge in [0.25, 0.3) is 0 Å². The summed E-state index contributed by atoms with van der Waals surface area (Å²) in [7, 11) is 1.65. The lowest BCUT2D eigenvalue weighted by Gasteiger charge is -2.22. The maximum absolute atomic E-state index is 8.91. The molecular weight excluding hydrogens is 232 g/mol. The molecular formula is C13H22N2O3. The molecule has 18 heavy (non-hydrogen) atoms. The fourth-order valence-electron chi connectivity index (χ4n) is 2.61. The van der Waals surface area contributed by atoms with Gasteiger partial charge in [0, 0.05) is 32.4 Å². The molecule has 5 heteroatoms. The summed E-state index contributed by atoms with van der Waals surface area (Å²) in [5, 5.41) is 13.0. The molecule has 1 aromatic rings. The predicted molar refractivity (Wildman–Crippen MR) is 67.0 cm³/mol. The summed E-state index contributed by atoms with van der Waals surface area (Å²) in [6, 6.07) is 2.55. The highest BCUT2D eigenvalue weighted by Crippen LogP contribution is 2.23. The van der Waals surface area contributed by atoms with Crippen molar-refractivity contribution in [3.05, 3.63) is 17.5 Å². The monoisotopic (exact) mass is 254 g/mol. The van der Waals surface area contributed by atoms with Crippen molar-refractivity contribution in [3.63, 3.8) is 0 Å². The molecule has 0 aliphatic carbocycles. The minimum Gasteiger partial charge on any atom is -0.396 e. The highest BCUT2D eigenvalue weighted by Gasteiger charge is 2.24. The van der Waals surface area contributed by atoms with E-state index in [4.69, 9.17) is 14.4 Å². The number of hydrogen-bond donors (Lipinski definition) is 1. The van der Waals surface area contributed by atoms with Gasteiger partial charge in [0.15, 0.2) is 5.76 Å². The van der Waals surface area contributed by atoms with Gasteiger partial charge in [0.05, 0.1) is 5.69 Å². The van der Waals surface area contributed by atoms with Gasteiger partial charge in [-0.1, -0.05) is 5.16 Å². The zero-order valence-electron chi connectivity index (χ0n) is 11.0. The molecule has 0 bridgehead atoms. The van der Waals surface area contributed by atoms with Gasteiger partial charge in [0.2, 0.25) is 0 Å². The average Bonchev–Trinajstić information content (AvgIpc) is 2.98. The Kier molecular flexibility index (Phi) is 5.16. The molecule has 0 amide bonds. The summed E-state index contributed by atoms with van der Waals surface area (Å²) >= 11 is 0. The zero-order valence-corrected chi connectivity index (χ0v) is 11.0. The van der Waals surface area contributed by atoms with E-state index < -0.39 is 0 Å². The molecule has 0 radical (unpaired) electrons. The van der Waals surface area contributed by atoms with Gasteiger partial charge in [-0.15, -0.1) is 0 Å². The largest absolute Gasteiger partial charge is 0.396 e. The number of aromatic nitrogens is 1. The van der Waals surface area contributed by atoms with Crippen LogP contribution in [0.5, 0.6) is 0 Å². The number of nitrogens with zero attached hydrogens (tertiary/aromatic N) is 2. The van der Waals surface area contributed by atoms with Crippen molar-refractivity contribution in [1.82, 2.24) is 10.1 Å². The van der Waals surface area contributed by atoms with Crippen molar-refractivity contribution < 1.29 is 14.4 Å². The summed E-state index contributed by atoms with van der Waals surface area (Å²) in [5.74, 6) is 0.776. The van der Waals surface area contributed by atoms with Crippen LogP contribution in [0.4, 0.5) is 0 Å². The second-order valence-corrected chi connectivity index (χ2v) is 4.85. The van der Waals surface area contributed by atoms with E-state index in [2.05, 4.69) is 10.1 Å². The summed E-state index contributed by atoms with van der Waals surface area (Å²) in [4.78, 5) is 2.43. The highest BCUT2D eigenvalue weighted by atomic mass is 16.5. The van der Waals surface area contributed by atoms with Gasteiger partial charge in [0.1, 0.15) is 6.61 Å². The molecule has 1 aliphatic rings. The first-order valence-corrected chi connectivity index (χ1v) is 6.62. The maximum atomic E-state index is 8.91. The number of aliphatic hydroxyl groups excluding tert-OH is 1. The fourth-order valence-corrected chi connectivity index (χ4v) is 2.61. The first kappa shape index (κ1) is 13.5. The van der Waals surface area contributed by atoms with E-state index in [1.165, 1.54) is 12.8 Å². The van der Waals surface area contributed by atoms with Crippen molar-refractivity contribution in [3.8, 4) is 0 Å². The van der Waals surface area contributed by atoms with Crippen LogP contribution in [0, 0.1) is 0 Å². The van der Waals surface area contributed by atoms with Gasteiger partial charge >= 0.3 is 0 Å². The van der Waals surface area contributed by atoms with E-state index in [-0.39, 0.29) is 6.61 Å². The van der Waals surface area contributed by atoms with E-state index in [1.807, 2.05) is 6.07 Å². The van der Waals surface area contributed by atoms with Gasteiger partial charge in [-0.05, 0) is 32.2 Å². The average molecular weight is 254 g/mol. The van der Waals surface area contributed by atoms with E-state index in [0.717, 1.165) is 37.4 Å². The Hall–Kier alpha value is -0.910. The topological polar surface area (TPSA) is 58.7 Å². The van der Waals surface area contributed by atoms with Gasteiger partial charge in [-0.2, -0.15) is 0 Å². The Bertz CT molecular complexity index is 354. The summed E-state index contributed by atoms with van der Waals surface area (Å²) in [6.45, 7) is 2.71. The maximum Gasteiger partial charge on any atom is 0.162 e. The number of methoxy groups -OCH3 is 1. The first-order chi connectivity index (χ1) is 8.83. The third kappa shape index (κ3) is 3.54. The molecule has 1 saturated heterocycles. The summed E-state index contributed by atoms with van der Waals surface area (Å²) in [6.07, 6.45) is 4.41. The normalized spacial score (nSPS) is 20.7. The van der Waals surface area contributed by atoms with Crippen LogP contribution >= 0.6 is 0 Å². The van der Waals surface area contributed by atoms with Crippen LogP contribution in [0.3, 0.4) is 0 Å². The Morgan fingerprint density at radius 3 is 3.28 bits per heavy atom. The van der Waals surface area contributed by atoms with Gasteiger partial charge < -0.3 is 14.4 Å². The molecule has 1 aromatic heterocycles. The molecule has 102 valence electrons.